The summed E-state index contributed by atoms with van der Waals surface area (Å²) >= 11 is 1.56. The van der Waals surface area contributed by atoms with Crippen LogP contribution in [-0.4, -0.2) is 27.7 Å². The fourth-order valence-electron chi connectivity index (χ4n) is 3.51. The fraction of sp³-hybridized carbons (Fsp3) is 0.273. The third-order valence-corrected chi connectivity index (χ3v) is 5.92. The van der Waals surface area contributed by atoms with Gasteiger partial charge in [0.15, 0.2) is 0 Å². The molecule has 0 fully saturated rings. The number of thiophene rings is 1. The van der Waals surface area contributed by atoms with Crippen LogP contribution in [0, 0.1) is 25.5 Å². The number of halogens is 2. The SMILES string of the molecule is CCOc1csc(-c2cc(NCCn3c(C)cc4c(C)c(F)cc(F)c43)ncn2)c1. The van der Waals surface area contributed by atoms with Crippen LogP contribution in [0.25, 0.3) is 21.5 Å². The van der Waals surface area contributed by atoms with E-state index >= 15 is 0 Å². The molecule has 4 aromatic rings. The number of rotatable bonds is 7. The Bertz CT molecular complexity index is 1200. The molecule has 0 bridgehead atoms. The first-order chi connectivity index (χ1) is 14.5. The number of nitrogens with zero attached hydrogens (tertiary/aromatic N) is 3. The van der Waals surface area contributed by atoms with Gasteiger partial charge in [-0.3, -0.25) is 0 Å². The van der Waals surface area contributed by atoms with Crippen molar-refractivity contribution in [1.82, 2.24) is 14.5 Å². The number of anilines is 1. The van der Waals surface area contributed by atoms with Crippen LogP contribution in [-0.2, 0) is 6.54 Å². The average Bonchev–Trinajstić information content (AvgIpc) is 3.32. The third-order valence-electron chi connectivity index (χ3n) is 4.99. The molecule has 1 aromatic carbocycles. The van der Waals surface area contributed by atoms with Gasteiger partial charge in [-0.05, 0) is 32.4 Å². The van der Waals surface area contributed by atoms with Crippen molar-refractivity contribution in [3.8, 4) is 16.3 Å². The fourth-order valence-corrected chi connectivity index (χ4v) is 4.30. The second-order valence-electron chi connectivity index (χ2n) is 6.96. The lowest BCUT2D eigenvalue weighted by molar-refractivity contribution is 0.342. The molecule has 0 saturated heterocycles. The first-order valence-electron chi connectivity index (χ1n) is 9.70. The number of ether oxygens (including phenoxy) is 1. The van der Waals surface area contributed by atoms with E-state index in [1.165, 1.54) is 6.33 Å². The molecule has 0 saturated carbocycles. The van der Waals surface area contributed by atoms with E-state index in [4.69, 9.17) is 4.74 Å². The van der Waals surface area contributed by atoms with Crippen molar-refractivity contribution in [1.29, 1.82) is 0 Å². The van der Waals surface area contributed by atoms with Gasteiger partial charge in [-0.25, -0.2) is 18.7 Å². The molecule has 156 valence electrons. The minimum absolute atomic E-state index is 0.429. The van der Waals surface area contributed by atoms with Crippen LogP contribution in [0.1, 0.15) is 18.2 Å². The first kappa shape index (κ1) is 20.3. The monoisotopic (exact) mass is 428 g/mol. The van der Waals surface area contributed by atoms with E-state index in [2.05, 4.69) is 15.3 Å². The molecule has 3 aromatic heterocycles. The van der Waals surface area contributed by atoms with Crippen LogP contribution in [0.3, 0.4) is 0 Å². The van der Waals surface area contributed by atoms with Gasteiger partial charge < -0.3 is 14.6 Å². The summed E-state index contributed by atoms with van der Waals surface area (Å²) < 4.78 is 35.7. The van der Waals surface area contributed by atoms with Crippen molar-refractivity contribution >= 4 is 28.1 Å². The zero-order chi connectivity index (χ0) is 21.3. The van der Waals surface area contributed by atoms with Crippen molar-refractivity contribution in [2.75, 3.05) is 18.5 Å². The van der Waals surface area contributed by atoms with Gasteiger partial charge in [0.25, 0.3) is 0 Å². The van der Waals surface area contributed by atoms with Crippen LogP contribution >= 0.6 is 11.3 Å². The highest BCUT2D eigenvalue weighted by atomic mass is 32.1. The van der Waals surface area contributed by atoms with Crippen molar-refractivity contribution in [2.45, 2.75) is 27.3 Å². The predicted octanol–water partition coefficient (Wildman–Crippen LogP) is 5.57. The van der Waals surface area contributed by atoms with Crippen LogP contribution in [0.15, 0.2) is 36.0 Å². The van der Waals surface area contributed by atoms with Gasteiger partial charge in [-0.15, -0.1) is 11.3 Å². The number of nitrogens with one attached hydrogen (secondary N) is 1. The summed E-state index contributed by atoms with van der Waals surface area (Å²) in [6, 6.07) is 6.61. The molecule has 0 aliphatic heterocycles. The van der Waals surface area contributed by atoms with Crippen LogP contribution in [0.4, 0.5) is 14.6 Å². The number of benzene rings is 1. The maximum Gasteiger partial charge on any atom is 0.150 e. The summed E-state index contributed by atoms with van der Waals surface area (Å²) in [5.74, 6) is 0.440. The normalized spacial score (nSPS) is 11.2. The topological polar surface area (TPSA) is 52.0 Å². The molecule has 8 heteroatoms. The first-order valence-corrected chi connectivity index (χ1v) is 10.6. The van der Waals surface area contributed by atoms with Gasteiger partial charge in [0.2, 0.25) is 0 Å². The summed E-state index contributed by atoms with van der Waals surface area (Å²) in [4.78, 5) is 9.61. The summed E-state index contributed by atoms with van der Waals surface area (Å²) in [7, 11) is 0. The Morgan fingerprint density at radius 3 is 2.73 bits per heavy atom. The Morgan fingerprint density at radius 1 is 1.10 bits per heavy atom. The molecular weight excluding hydrogens is 406 g/mol. The van der Waals surface area contributed by atoms with Crippen LogP contribution in [0.5, 0.6) is 5.75 Å². The zero-order valence-corrected chi connectivity index (χ0v) is 17.8. The molecule has 0 aliphatic carbocycles. The van der Waals surface area contributed by atoms with Gasteiger partial charge in [-0.2, -0.15) is 0 Å². The highest BCUT2D eigenvalue weighted by molar-refractivity contribution is 7.13. The highest BCUT2D eigenvalue weighted by Gasteiger charge is 2.15. The number of aromatic nitrogens is 3. The standard InChI is InChI=1S/C22H22F2N4OS/c1-4-29-15-8-20(30-11-15)19-10-21(27-12-26-19)25-5-6-28-13(2)7-16-14(3)17(23)9-18(24)22(16)28/h7-12H,4-6H2,1-3H3,(H,25,26,27). The molecule has 3 heterocycles. The molecule has 5 nitrogen and oxygen atoms in total. The zero-order valence-electron chi connectivity index (χ0n) is 17.0. The number of hydrogen-bond donors (Lipinski definition) is 1. The molecule has 4 rings (SSSR count). The Hall–Kier alpha value is -3.00. The second-order valence-corrected chi connectivity index (χ2v) is 7.87. The number of aryl methyl sites for hydroxylation is 2. The summed E-state index contributed by atoms with van der Waals surface area (Å²) in [6.45, 7) is 7.18. The van der Waals surface area contributed by atoms with Crippen molar-refractivity contribution in [3.05, 3.63) is 58.9 Å². The maximum atomic E-state index is 14.4. The maximum absolute atomic E-state index is 14.4. The molecule has 0 atom stereocenters. The van der Waals surface area contributed by atoms with Gasteiger partial charge in [-0.1, -0.05) is 0 Å². The Labute approximate surface area is 177 Å². The Morgan fingerprint density at radius 2 is 1.93 bits per heavy atom. The lowest BCUT2D eigenvalue weighted by Crippen LogP contribution is -2.13. The molecule has 30 heavy (non-hydrogen) atoms. The summed E-state index contributed by atoms with van der Waals surface area (Å²) in [5, 5.41) is 5.83. The lowest BCUT2D eigenvalue weighted by atomic mass is 10.1. The molecule has 0 spiro atoms. The minimum atomic E-state index is -0.548. The molecule has 0 radical (unpaired) electrons. The molecule has 1 N–H and O–H groups in total. The third kappa shape index (κ3) is 3.87. The summed E-state index contributed by atoms with van der Waals surface area (Å²) in [6.07, 6.45) is 1.51. The van der Waals surface area contributed by atoms with Crippen LogP contribution in [0.2, 0.25) is 0 Å². The molecule has 0 amide bonds. The average molecular weight is 429 g/mol. The second kappa shape index (κ2) is 8.39. The van der Waals surface area contributed by atoms with E-state index in [0.717, 1.165) is 28.1 Å². The van der Waals surface area contributed by atoms with E-state index in [-0.39, 0.29) is 0 Å². The van der Waals surface area contributed by atoms with Gasteiger partial charge in [0, 0.05) is 47.7 Å². The molecular formula is C22H22F2N4OS. The smallest absolute Gasteiger partial charge is 0.150 e. The Kier molecular flexibility index (Phi) is 5.67. The molecule has 0 aliphatic rings. The van der Waals surface area contributed by atoms with Gasteiger partial charge >= 0.3 is 0 Å². The van der Waals surface area contributed by atoms with Gasteiger partial charge in [0.05, 0.1) is 22.7 Å². The minimum Gasteiger partial charge on any atom is -0.493 e. The number of fused-ring (bicyclic) bond motifs is 1. The highest BCUT2D eigenvalue weighted by Crippen LogP contribution is 2.31. The van der Waals surface area contributed by atoms with Crippen molar-refractivity contribution < 1.29 is 13.5 Å². The quantitative estimate of drug-likeness (QED) is 0.418. The lowest BCUT2D eigenvalue weighted by Gasteiger charge is -2.11. The summed E-state index contributed by atoms with van der Waals surface area (Å²) in [5.41, 5.74) is 2.58. The van der Waals surface area contributed by atoms with Gasteiger partial charge in [0.1, 0.15) is 29.5 Å². The van der Waals surface area contributed by atoms with E-state index in [1.807, 2.05) is 42.0 Å². The number of hydrogen-bond acceptors (Lipinski definition) is 5. The Balaban J connectivity index is 1.50. The van der Waals surface area contributed by atoms with Crippen molar-refractivity contribution in [3.63, 3.8) is 0 Å². The largest absolute Gasteiger partial charge is 0.493 e. The van der Waals surface area contributed by atoms with E-state index in [1.54, 1.807) is 18.3 Å². The van der Waals surface area contributed by atoms with Crippen LogP contribution < -0.4 is 10.1 Å². The molecule has 0 unspecified atom stereocenters. The van der Waals surface area contributed by atoms with Crippen molar-refractivity contribution in [2.24, 2.45) is 0 Å². The van der Waals surface area contributed by atoms with E-state index in [0.29, 0.717) is 42.0 Å². The van der Waals surface area contributed by atoms with E-state index in [9.17, 15) is 8.78 Å². The predicted molar refractivity (Wildman–Crippen MR) is 116 cm³/mol. The van der Waals surface area contributed by atoms with E-state index < -0.39 is 11.6 Å².